The number of allylic oxidation sites excluding steroid dienone is 1. The minimum atomic E-state index is -0.227. The summed E-state index contributed by atoms with van der Waals surface area (Å²) in [6.45, 7) is 12.5. The van der Waals surface area contributed by atoms with Crippen LogP contribution in [0.5, 0.6) is 0 Å². The van der Waals surface area contributed by atoms with Crippen LogP contribution >= 0.6 is 0 Å². The van der Waals surface area contributed by atoms with Gasteiger partial charge in [-0.05, 0) is 104 Å². The van der Waals surface area contributed by atoms with E-state index in [0.717, 1.165) is 86.9 Å². The third-order valence-corrected chi connectivity index (χ3v) is 12.9. The van der Waals surface area contributed by atoms with Gasteiger partial charge < -0.3 is 14.6 Å². The molecule has 4 aliphatic carbocycles. The Kier molecular flexibility index (Phi) is 13.3. The second-order valence-electron chi connectivity index (χ2n) is 16.2. The van der Waals surface area contributed by atoms with Crippen LogP contribution in [0.2, 0.25) is 0 Å². The monoisotopic (exact) mass is 614 g/mol. The lowest BCUT2D eigenvalue weighted by Crippen LogP contribution is -2.51. The van der Waals surface area contributed by atoms with Gasteiger partial charge in [0.05, 0.1) is 6.61 Å². The predicted molar refractivity (Wildman–Crippen MR) is 178 cm³/mol. The van der Waals surface area contributed by atoms with E-state index in [0.29, 0.717) is 23.7 Å². The van der Waals surface area contributed by atoms with Crippen molar-refractivity contribution >= 4 is 11.9 Å². The van der Waals surface area contributed by atoms with Crippen LogP contribution in [-0.4, -0.2) is 36.4 Å². The smallest absolute Gasteiger partial charge is 0.306 e. The molecule has 0 aromatic rings. The Morgan fingerprint density at radius 1 is 0.864 bits per heavy atom. The Labute approximate surface area is 269 Å². The fraction of sp³-hybridized carbons (Fsp3) is 0.897. The third-order valence-electron chi connectivity index (χ3n) is 12.9. The second kappa shape index (κ2) is 16.5. The van der Waals surface area contributed by atoms with Crippen LogP contribution in [0.1, 0.15) is 157 Å². The molecular weight excluding hydrogens is 548 g/mol. The summed E-state index contributed by atoms with van der Waals surface area (Å²) in [6, 6.07) is 0. The van der Waals surface area contributed by atoms with Crippen LogP contribution in [0.4, 0.5) is 0 Å². The highest BCUT2D eigenvalue weighted by molar-refractivity contribution is 5.69. The molecule has 0 spiro atoms. The molecule has 3 fully saturated rings. The first kappa shape index (κ1) is 35.5. The molecule has 44 heavy (non-hydrogen) atoms. The quantitative estimate of drug-likeness (QED) is 0.100. The summed E-state index contributed by atoms with van der Waals surface area (Å²) in [5, 5.41) is 8.70. The summed E-state index contributed by atoms with van der Waals surface area (Å²) >= 11 is 0. The number of unbranched alkanes of at least 4 members (excludes halogenated alkanes) is 5. The van der Waals surface area contributed by atoms with Crippen molar-refractivity contribution in [2.24, 2.45) is 46.3 Å². The van der Waals surface area contributed by atoms with Gasteiger partial charge in [-0.25, -0.2) is 0 Å². The SMILES string of the molecule is CC(C)CCC[C@@H](C)[C@H]1CCC2C3CC=C4CC(OC(=O)CCCCCCCCC(=O)OCCO)CC[C@]4(C)C3CC[C@@]21C. The van der Waals surface area contributed by atoms with Gasteiger partial charge in [0, 0.05) is 19.3 Å². The Bertz CT molecular complexity index is 956. The maximum absolute atomic E-state index is 12.7. The highest BCUT2D eigenvalue weighted by Crippen LogP contribution is 2.67. The zero-order chi connectivity index (χ0) is 31.7. The molecule has 0 aromatic carbocycles. The summed E-state index contributed by atoms with van der Waals surface area (Å²) in [4.78, 5) is 24.2. The lowest BCUT2D eigenvalue weighted by atomic mass is 9.47. The van der Waals surface area contributed by atoms with Crippen LogP contribution in [-0.2, 0) is 19.1 Å². The largest absolute Gasteiger partial charge is 0.463 e. The van der Waals surface area contributed by atoms with E-state index in [1.54, 1.807) is 5.57 Å². The van der Waals surface area contributed by atoms with Crippen molar-refractivity contribution in [3.05, 3.63) is 11.6 Å². The second-order valence-corrected chi connectivity index (χ2v) is 16.2. The Morgan fingerprint density at radius 3 is 2.27 bits per heavy atom. The van der Waals surface area contributed by atoms with E-state index in [1.807, 2.05) is 0 Å². The minimum absolute atomic E-state index is 0.0209. The number of ether oxygens (including phenoxy) is 2. The molecule has 0 aromatic heterocycles. The van der Waals surface area contributed by atoms with Crippen LogP contribution in [0.3, 0.4) is 0 Å². The first-order valence-electron chi connectivity index (χ1n) is 18.7. The van der Waals surface area contributed by atoms with Gasteiger partial charge in [-0.1, -0.05) is 91.2 Å². The number of esters is 2. The fourth-order valence-electron chi connectivity index (χ4n) is 10.5. The van der Waals surface area contributed by atoms with Crippen molar-refractivity contribution in [1.29, 1.82) is 0 Å². The lowest BCUT2D eigenvalue weighted by Gasteiger charge is -2.58. The van der Waals surface area contributed by atoms with Crippen LogP contribution in [0.25, 0.3) is 0 Å². The van der Waals surface area contributed by atoms with E-state index < -0.39 is 0 Å². The van der Waals surface area contributed by atoms with Gasteiger partial charge in [-0.15, -0.1) is 0 Å². The van der Waals surface area contributed by atoms with E-state index in [4.69, 9.17) is 14.6 Å². The number of aliphatic hydroxyl groups excluding tert-OH is 1. The average molecular weight is 615 g/mol. The molecule has 5 heteroatoms. The van der Waals surface area contributed by atoms with Crippen molar-refractivity contribution in [1.82, 2.24) is 0 Å². The minimum Gasteiger partial charge on any atom is -0.463 e. The molecule has 0 radical (unpaired) electrons. The van der Waals surface area contributed by atoms with Gasteiger partial charge in [0.25, 0.3) is 0 Å². The Hall–Kier alpha value is -1.36. The summed E-state index contributed by atoms with van der Waals surface area (Å²) in [5.41, 5.74) is 2.42. The number of rotatable bonds is 17. The standard InChI is InChI=1S/C39H66O5/c1-28(2)13-12-14-29(3)33-19-20-34-32-18-17-30-27-31(21-23-38(30,4)35(32)22-24-39(33,34)5)44-37(42)16-11-9-7-6-8-10-15-36(41)43-26-25-40/h17,28-29,31-35,40H,6-16,18-27H2,1-5H3/t29-,31?,32?,33-,34?,35?,38+,39-/m1/s1. The molecule has 0 amide bonds. The zero-order valence-electron chi connectivity index (χ0n) is 29.0. The van der Waals surface area contributed by atoms with Crippen molar-refractivity contribution in [3.63, 3.8) is 0 Å². The molecule has 0 heterocycles. The molecule has 4 aliphatic rings. The number of aliphatic hydroxyl groups is 1. The van der Waals surface area contributed by atoms with Gasteiger partial charge >= 0.3 is 11.9 Å². The lowest BCUT2D eigenvalue weighted by molar-refractivity contribution is -0.151. The molecule has 0 bridgehead atoms. The van der Waals surface area contributed by atoms with Crippen LogP contribution < -0.4 is 0 Å². The third kappa shape index (κ3) is 8.71. The molecule has 252 valence electrons. The van der Waals surface area contributed by atoms with Crippen LogP contribution in [0, 0.1) is 46.3 Å². The van der Waals surface area contributed by atoms with Crippen molar-refractivity contribution in [3.8, 4) is 0 Å². The highest BCUT2D eigenvalue weighted by Gasteiger charge is 2.59. The van der Waals surface area contributed by atoms with E-state index in [2.05, 4.69) is 40.7 Å². The van der Waals surface area contributed by atoms with E-state index in [9.17, 15) is 9.59 Å². The molecular formula is C39H66O5. The summed E-state index contributed by atoms with van der Waals surface area (Å²) in [6.07, 6.45) is 23.7. The first-order chi connectivity index (χ1) is 21.1. The van der Waals surface area contributed by atoms with Gasteiger partial charge in [0.1, 0.15) is 12.7 Å². The summed E-state index contributed by atoms with van der Waals surface area (Å²) in [5.74, 6) is 4.87. The van der Waals surface area contributed by atoms with E-state index >= 15 is 0 Å². The molecule has 8 atom stereocenters. The molecule has 5 nitrogen and oxygen atoms in total. The first-order valence-corrected chi connectivity index (χ1v) is 18.7. The van der Waals surface area contributed by atoms with Gasteiger partial charge in [-0.3, -0.25) is 9.59 Å². The average Bonchev–Trinajstić information content (AvgIpc) is 3.34. The van der Waals surface area contributed by atoms with Crippen LogP contribution in [0.15, 0.2) is 11.6 Å². The maximum Gasteiger partial charge on any atom is 0.306 e. The molecule has 0 saturated heterocycles. The Balaban J connectivity index is 1.18. The normalized spacial score (nSPS) is 33.6. The molecule has 1 N–H and O–H groups in total. The van der Waals surface area contributed by atoms with Gasteiger partial charge in [-0.2, -0.15) is 0 Å². The predicted octanol–water partition coefficient (Wildman–Crippen LogP) is 9.60. The zero-order valence-corrected chi connectivity index (χ0v) is 29.0. The molecule has 3 saturated carbocycles. The Morgan fingerprint density at radius 2 is 1.57 bits per heavy atom. The van der Waals surface area contributed by atoms with E-state index in [-0.39, 0.29) is 31.3 Å². The number of hydrogen-bond acceptors (Lipinski definition) is 5. The topological polar surface area (TPSA) is 72.8 Å². The van der Waals surface area contributed by atoms with E-state index in [1.165, 1.54) is 57.8 Å². The molecule has 4 unspecified atom stereocenters. The molecule has 0 aliphatic heterocycles. The summed E-state index contributed by atoms with van der Waals surface area (Å²) in [7, 11) is 0. The maximum atomic E-state index is 12.7. The highest BCUT2D eigenvalue weighted by atomic mass is 16.5. The fourth-order valence-corrected chi connectivity index (χ4v) is 10.5. The van der Waals surface area contributed by atoms with Crippen molar-refractivity contribution in [2.45, 2.75) is 163 Å². The molecule has 4 rings (SSSR count). The number of fused-ring (bicyclic) bond motifs is 5. The number of hydrogen-bond donors (Lipinski definition) is 1. The number of carbonyl (C=O) groups excluding carboxylic acids is 2. The van der Waals surface area contributed by atoms with Crippen molar-refractivity contribution < 1.29 is 24.2 Å². The van der Waals surface area contributed by atoms with Gasteiger partial charge in [0.2, 0.25) is 0 Å². The van der Waals surface area contributed by atoms with Crippen molar-refractivity contribution in [2.75, 3.05) is 13.2 Å². The van der Waals surface area contributed by atoms with Gasteiger partial charge in [0.15, 0.2) is 0 Å². The number of carbonyl (C=O) groups is 2. The summed E-state index contributed by atoms with van der Waals surface area (Å²) < 4.78 is 10.9.